The van der Waals surface area contributed by atoms with Gasteiger partial charge in [0.2, 0.25) is 0 Å². The lowest BCUT2D eigenvalue weighted by atomic mass is 10.0. The molecule has 1 fully saturated rings. The van der Waals surface area contributed by atoms with Crippen LogP contribution in [0.1, 0.15) is 16.7 Å². The molecule has 0 aromatic heterocycles. The van der Waals surface area contributed by atoms with E-state index in [1.54, 1.807) is 0 Å². The van der Waals surface area contributed by atoms with Gasteiger partial charge >= 0.3 is 0 Å². The monoisotopic (exact) mass is 249 g/mol. The van der Waals surface area contributed by atoms with E-state index >= 15 is 0 Å². The third-order valence-corrected chi connectivity index (χ3v) is 3.38. The Hall–Kier alpha value is -1.43. The molecule has 5 N–H and O–H groups in total. The Morgan fingerprint density at radius 3 is 2.50 bits per heavy atom. The summed E-state index contributed by atoms with van der Waals surface area (Å²) in [7, 11) is 0. The Kier molecular flexibility index (Phi) is 3.65. The van der Waals surface area contributed by atoms with Gasteiger partial charge in [-0.05, 0) is 24.1 Å². The van der Waals surface area contributed by atoms with Gasteiger partial charge in [-0.2, -0.15) is 0 Å². The van der Waals surface area contributed by atoms with E-state index in [1.165, 1.54) is 0 Å². The molecule has 1 heterocycles. The maximum Gasteiger partial charge on any atom is 0.122 e. The summed E-state index contributed by atoms with van der Waals surface area (Å²) < 4.78 is 0. The van der Waals surface area contributed by atoms with Crippen LogP contribution >= 0.6 is 0 Å². The largest absolute Gasteiger partial charge is 0.389 e. The van der Waals surface area contributed by atoms with E-state index in [4.69, 9.17) is 11.1 Å². The number of nitrogen functional groups attached to an aromatic ring is 1. The van der Waals surface area contributed by atoms with Gasteiger partial charge in [-0.15, -0.1) is 0 Å². The number of likely N-dealkylation sites (tertiary alicyclic amines) is 1. The first-order valence-electron chi connectivity index (χ1n) is 6.00. The smallest absolute Gasteiger partial charge is 0.122 e. The van der Waals surface area contributed by atoms with Gasteiger partial charge in [-0.25, -0.2) is 0 Å². The van der Waals surface area contributed by atoms with E-state index in [1.807, 2.05) is 30.0 Å². The van der Waals surface area contributed by atoms with Crippen LogP contribution in [0.15, 0.2) is 18.2 Å². The van der Waals surface area contributed by atoms with Gasteiger partial charge in [-0.3, -0.25) is 10.3 Å². The van der Waals surface area contributed by atoms with Crippen LogP contribution in [0.3, 0.4) is 0 Å². The normalized spacial score (nSPS) is 24.4. The van der Waals surface area contributed by atoms with E-state index in [9.17, 15) is 10.2 Å². The number of aliphatic hydroxyl groups excluding tert-OH is 2. The highest BCUT2D eigenvalue weighted by molar-refractivity contribution is 5.95. The number of β-amino-alcohol motifs (C(OH)–C–C–N with tert-alkyl or cyclic N) is 2. The van der Waals surface area contributed by atoms with E-state index in [0.29, 0.717) is 19.6 Å². The predicted molar refractivity (Wildman–Crippen MR) is 69.5 cm³/mol. The summed E-state index contributed by atoms with van der Waals surface area (Å²) >= 11 is 0. The molecule has 18 heavy (non-hydrogen) atoms. The maximum atomic E-state index is 9.50. The lowest BCUT2D eigenvalue weighted by Crippen LogP contribution is -2.22. The molecule has 5 heteroatoms. The van der Waals surface area contributed by atoms with E-state index in [-0.39, 0.29) is 5.84 Å². The number of hydrogen-bond acceptors (Lipinski definition) is 4. The van der Waals surface area contributed by atoms with Gasteiger partial charge in [0, 0.05) is 25.2 Å². The number of aliphatic hydroxyl groups is 2. The Bertz CT molecular complexity index is 452. The molecule has 2 rings (SSSR count). The summed E-state index contributed by atoms with van der Waals surface area (Å²) in [6.45, 7) is 3.66. The van der Waals surface area contributed by atoms with Crippen molar-refractivity contribution >= 4 is 5.84 Å². The van der Waals surface area contributed by atoms with E-state index in [0.717, 1.165) is 16.7 Å². The summed E-state index contributed by atoms with van der Waals surface area (Å²) in [5.74, 6) is 0.0664. The molecule has 0 spiro atoms. The number of hydrogen-bond donors (Lipinski definition) is 4. The summed E-state index contributed by atoms with van der Waals surface area (Å²) in [6.07, 6.45) is -1.30. The zero-order valence-electron chi connectivity index (χ0n) is 10.4. The fourth-order valence-electron chi connectivity index (χ4n) is 2.26. The van der Waals surface area contributed by atoms with Crippen LogP contribution in [0.25, 0.3) is 0 Å². The third kappa shape index (κ3) is 2.69. The van der Waals surface area contributed by atoms with Crippen molar-refractivity contribution in [2.24, 2.45) is 5.73 Å². The first-order valence-corrected chi connectivity index (χ1v) is 6.00. The second-order valence-electron chi connectivity index (χ2n) is 4.88. The highest BCUT2D eigenvalue weighted by Gasteiger charge is 2.29. The predicted octanol–water partition coefficient (Wildman–Crippen LogP) is -0.184. The molecule has 2 atom stereocenters. The fraction of sp³-hybridized carbons (Fsp3) is 0.462. The molecule has 0 aliphatic carbocycles. The Balaban J connectivity index is 2.08. The average molecular weight is 249 g/mol. The zero-order chi connectivity index (χ0) is 13.3. The SMILES string of the molecule is Cc1cc(C(=N)N)ccc1CN1CC(O)C(O)C1. The molecular formula is C13H19N3O2. The second kappa shape index (κ2) is 5.06. The molecule has 1 aliphatic rings. The van der Waals surface area contributed by atoms with Gasteiger partial charge in [0.1, 0.15) is 5.84 Å². The zero-order valence-corrected chi connectivity index (χ0v) is 10.4. The number of nitrogens with zero attached hydrogens (tertiary/aromatic N) is 1. The van der Waals surface area contributed by atoms with Gasteiger partial charge < -0.3 is 15.9 Å². The van der Waals surface area contributed by atoms with Crippen molar-refractivity contribution in [2.75, 3.05) is 13.1 Å². The van der Waals surface area contributed by atoms with Crippen LogP contribution in [-0.2, 0) is 6.54 Å². The Labute approximate surface area is 106 Å². The third-order valence-electron chi connectivity index (χ3n) is 3.38. The van der Waals surface area contributed by atoms with Crippen molar-refractivity contribution in [1.82, 2.24) is 4.90 Å². The highest BCUT2D eigenvalue weighted by atomic mass is 16.3. The summed E-state index contributed by atoms with van der Waals surface area (Å²) in [6, 6.07) is 5.66. The molecule has 1 aromatic carbocycles. The van der Waals surface area contributed by atoms with Crippen LogP contribution in [0.2, 0.25) is 0 Å². The molecule has 1 aliphatic heterocycles. The topological polar surface area (TPSA) is 93.6 Å². The number of nitrogens with one attached hydrogen (secondary N) is 1. The molecule has 5 nitrogen and oxygen atoms in total. The first-order chi connectivity index (χ1) is 8.47. The van der Waals surface area contributed by atoms with Crippen LogP contribution in [0.5, 0.6) is 0 Å². The van der Waals surface area contributed by atoms with Crippen molar-refractivity contribution in [1.29, 1.82) is 5.41 Å². The lowest BCUT2D eigenvalue weighted by molar-refractivity contribution is 0.0572. The maximum absolute atomic E-state index is 9.50. The number of benzene rings is 1. The van der Waals surface area contributed by atoms with Crippen molar-refractivity contribution in [2.45, 2.75) is 25.7 Å². The first kappa shape index (κ1) is 13.0. The van der Waals surface area contributed by atoms with Gasteiger partial charge in [0.15, 0.2) is 0 Å². The average Bonchev–Trinajstić information content (AvgIpc) is 2.61. The molecular weight excluding hydrogens is 230 g/mol. The van der Waals surface area contributed by atoms with Crippen LogP contribution in [0.4, 0.5) is 0 Å². The number of amidine groups is 1. The Morgan fingerprint density at radius 2 is 2.00 bits per heavy atom. The lowest BCUT2D eigenvalue weighted by Gasteiger charge is -2.16. The minimum atomic E-state index is -0.651. The molecule has 1 saturated heterocycles. The second-order valence-corrected chi connectivity index (χ2v) is 4.88. The Morgan fingerprint density at radius 1 is 1.39 bits per heavy atom. The molecule has 2 unspecified atom stereocenters. The highest BCUT2D eigenvalue weighted by Crippen LogP contribution is 2.17. The molecule has 0 radical (unpaired) electrons. The molecule has 0 saturated carbocycles. The van der Waals surface area contributed by atoms with Crippen LogP contribution < -0.4 is 5.73 Å². The van der Waals surface area contributed by atoms with E-state index < -0.39 is 12.2 Å². The van der Waals surface area contributed by atoms with Crippen molar-refractivity contribution < 1.29 is 10.2 Å². The minimum Gasteiger partial charge on any atom is -0.389 e. The van der Waals surface area contributed by atoms with Crippen LogP contribution in [-0.4, -0.2) is 46.2 Å². The molecule has 0 amide bonds. The van der Waals surface area contributed by atoms with Crippen molar-refractivity contribution in [3.63, 3.8) is 0 Å². The fourth-order valence-corrected chi connectivity index (χ4v) is 2.26. The molecule has 0 bridgehead atoms. The van der Waals surface area contributed by atoms with Gasteiger partial charge in [0.25, 0.3) is 0 Å². The van der Waals surface area contributed by atoms with Crippen LogP contribution in [0, 0.1) is 12.3 Å². The standard InChI is InChI=1S/C13H19N3O2/c1-8-4-9(13(14)15)2-3-10(8)5-16-6-11(17)12(18)7-16/h2-4,11-12,17-18H,5-7H2,1H3,(H3,14,15). The number of aryl methyl sites for hydroxylation is 1. The minimum absolute atomic E-state index is 0.0664. The molecule has 1 aromatic rings. The van der Waals surface area contributed by atoms with Gasteiger partial charge in [0.05, 0.1) is 12.2 Å². The van der Waals surface area contributed by atoms with Gasteiger partial charge in [-0.1, -0.05) is 12.1 Å². The summed E-state index contributed by atoms with van der Waals surface area (Å²) in [5, 5.41) is 26.4. The van der Waals surface area contributed by atoms with Crippen molar-refractivity contribution in [3.05, 3.63) is 34.9 Å². The van der Waals surface area contributed by atoms with Crippen molar-refractivity contribution in [3.8, 4) is 0 Å². The summed E-state index contributed by atoms with van der Waals surface area (Å²) in [4.78, 5) is 2.02. The van der Waals surface area contributed by atoms with E-state index in [2.05, 4.69) is 0 Å². The number of rotatable bonds is 3. The molecule has 98 valence electrons. The quantitative estimate of drug-likeness (QED) is 0.441. The number of nitrogens with two attached hydrogens (primary N) is 1. The summed E-state index contributed by atoms with van der Waals surface area (Å²) in [5.41, 5.74) is 8.35.